The Morgan fingerprint density at radius 2 is 1.88 bits per heavy atom. The number of rotatable bonds is 4. The quantitative estimate of drug-likeness (QED) is 0.923. The van der Waals surface area contributed by atoms with Gasteiger partial charge < -0.3 is 15.0 Å². The summed E-state index contributed by atoms with van der Waals surface area (Å²) in [6, 6.07) is 9.59. The Bertz CT molecular complexity index is 594. The summed E-state index contributed by atoms with van der Waals surface area (Å²) in [5.41, 5.74) is 0.730. The molecule has 24 heavy (non-hydrogen) atoms. The summed E-state index contributed by atoms with van der Waals surface area (Å²) in [7, 11) is 0. The van der Waals surface area contributed by atoms with E-state index in [4.69, 9.17) is 4.74 Å². The van der Waals surface area contributed by atoms with Gasteiger partial charge in [-0.05, 0) is 30.2 Å². The fourth-order valence-corrected chi connectivity index (χ4v) is 3.65. The van der Waals surface area contributed by atoms with Gasteiger partial charge in [0.15, 0.2) is 0 Å². The molecule has 2 fully saturated rings. The zero-order chi connectivity index (χ0) is 17.2. The van der Waals surface area contributed by atoms with Crippen LogP contribution in [0, 0.1) is 11.3 Å². The second-order valence-electron chi connectivity index (χ2n) is 7.40. The molecule has 1 aliphatic heterocycles. The topological polar surface area (TPSA) is 58.6 Å². The van der Waals surface area contributed by atoms with Crippen molar-refractivity contribution in [2.45, 2.75) is 45.8 Å². The van der Waals surface area contributed by atoms with Crippen molar-refractivity contribution in [1.29, 1.82) is 0 Å². The van der Waals surface area contributed by atoms with Crippen LogP contribution in [0.25, 0.3) is 0 Å². The molecule has 2 aliphatic rings. The second kappa shape index (κ2) is 6.83. The molecule has 1 aromatic rings. The fourth-order valence-electron chi connectivity index (χ4n) is 3.65. The van der Waals surface area contributed by atoms with Gasteiger partial charge in [0.1, 0.15) is 6.61 Å². The third kappa shape index (κ3) is 3.40. The summed E-state index contributed by atoms with van der Waals surface area (Å²) in [4.78, 5) is 26.5. The van der Waals surface area contributed by atoms with Crippen LogP contribution in [0.5, 0.6) is 0 Å². The average molecular weight is 330 g/mol. The Kier molecular flexibility index (Phi) is 4.78. The zero-order valence-corrected chi connectivity index (χ0v) is 14.5. The maximum Gasteiger partial charge on any atom is 0.407 e. The Morgan fingerprint density at radius 3 is 2.50 bits per heavy atom. The van der Waals surface area contributed by atoms with Gasteiger partial charge in [-0.1, -0.05) is 44.2 Å². The number of carbonyl (C=O) groups is 2. The molecular formula is C19H26N2O3. The van der Waals surface area contributed by atoms with Gasteiger partial charge in [-0.25, -0.2) is 4.79 Å². The standard InChI is InChI=1S/C19H26N2O3/c1-19(2)15(17(22)21-10-6-7-11-21)12-16(19)20-18(23)24-13-14-8-4-3-5-9-14/h3-5,8-9,15-16H,6-7,10-13H2,1-2H3,(H,20,23)/t15-,16-/m0/s1. The van der Waals surface area contributed by atoms with Crippen LogP contribution in [0.1, 0.15) is 38.7 Å². The summed E-state index contributed by atoms with van der Waals surface area (Å²) in [6.45, 7) is 6.12. The SMILES string of the molecule is CC1(C)[C@@H](NC(=O)OCc2ccccc2)C[C@H]1C(=O)N1CCCC1. The summed E-state index contributed by atoms with van der Waals surface area (Å²) in [6.07, 6.45) is 2.49. The lowest BCUT2D eigenvalue weighted by Crippen LogP contribution is -2.62. The fraction of sp³-hybridized carbons (Fsp3) is 0.579. The van der Waals surface area contributed by atoms with Gasteiger partial charge in [0.05, 0.1) is 0 Å². The number of nitrogens with zero attached hydrogens (tertiary/aromatic N) is 1. The highest BCUT2D eigenvalue weighted by Gasteiger charge is 2.53. The van der Waals surface area contributed by atoms with E-state index in [2.05, 4.69) is 19.2 Å². The molecule has 0 bridgehead atoms. The van der Waals surface area contributed by atoms with Gasteiger partial charge in [-0.15, -0.1) is 0 Å². The minimum absolute atomic E-state index is 0.00461. The Hall–Kier alpha value is -2.04. The molecule has 1 heterocycles. The van der Waals surface area contributed by atoms with Gasteiger partial charge in [-0.2, -0.15) is 0 Å². The molecule has 0 unspecified atom stereocenters. The predicted octanol–water partition coefficient (Wildman–Crippen LogP) is 2.95. The van der Waals surface area contributed by atoms with Crippen molar-refractivity contribution in [3.8, 4) is 0 Å². The van der Waals surface area contributed by atoms with Crippen molar-refractivity contribution in [2.24, 2.45) is 11.3 Å². The van der Waals surface area contributed by atoms with E-state index in [1.807, 2.05) is 35.2 Å². The maximum absolute atomic E-state index is 12.6. The first-order chi connectivity index (χ1) is 11.5. The first-order valence-corrected chi connectivity index (χ1v) is 8.74. The van der Waals surface area contributed by atoms with Crippen LogP contribution in [0.3, 0.4) is 0 Å². The normalized spacial score (nSPS) is 25.0. The van der Waals surface area contributed by atoms with Crippen molar-refractivity contribution < 1.29 is 14.3 Å². The van der Waals surface area contributed by atoms with E-state index in [-0.39, 0.29) is 29.9 Å². The van der Waals surface area contributed by atoms with Crippen LogP contribution in [0.2, 0.25) is 0 Å². The number of amides is 2. The number of nitrogens with one attached hydrogen (secondary N) is 1. The van der Waals surface area contributed by atoms with Crippen molar-refractivity contribution in [3.05, 3.63) is 35.9 Å². The van der Waals surface area contributed by atoms with Crippen LogP contribution in [0.4, 0.5) is 4.79 Å². The molecule has 1 saturated heterocycles. The number of carbonyl (C=O) groups excluding carboxylic acids is 2. The molecular weight excluding hydrogens is 304 g/mol. The minimum Gasteiger partial charge on any atom is -0.445 e. The summed E-state index contributed by atoms with van der Waals surface area (Å²) in [5, 5.41) is 2.92. The van der Waals surface area contributed by atoms with E-state index in [1.165, 1.54) is 0 Å². The molecule has 5 heteroatoms. The number of hydrogen-bond donors (Lipinski definition) is 1. The highest BCUT2D eigenvalue weighted by molar-refractivity contribution is 5.81. The molecule has 1 aliphatic carbocycles. The largest absolute Gasteiger partial charge is 0.445 e. The van der Waals surface area contributed by atoms with Gasteiger partial charge >= 0.3 is 6.09 Å². The van der Waals surface area contributed by atoms with E-state index >= 15 is 0 Å². The molecule has 2 atom stereocenters. The lowest BCUT2D eigenvalue weighted by atomic mass is 9.58. The summed E-state index contributed by atoms with van der Waals surface area (Å²) < 4.78 is 5.28. The van der Waals surface area contributed by atoms with Gasteiger partial charge in [0, 0.05) is 25.0 Å². The first kappa shape index (κ1) is 16.8. The van der Waals surface area contributed by atoms with Crippen molar-refractivity contribution in [1.82, 2.24) is 10.2 Å². The van der Waals surface area contributed by atoms with E-state index < -0.39 is 6.09 Å². The Morgan fingerprint density at radius 1 is 1.21 bits per heavy atom. The Labute approximate surface area is 143 Å². The van der Waals surface area contributed by atoms with Crippen molar-refractivity contribution in [3.63, 3.8) is 0 Å². The van der Waals surface area contributed by atoms with Gasteiger partial charge in [0.25, 0.3) is 0 Å². The molecule has 130 valence electrons. The van der Waals surface area contributed by atoms with Crippen LogP contribution >= 0.6 is 0 Å². The van der Waals surface area contributed by atoms with Crippen LogP contribution in [-0.2, 0) is 16.1 Å². The average Bonchev–Trinajstić information content (AvgIpc) is 3.11. The number of alkyl carbamates (subject to hydrolysis) is 1. The van der Waals surface area contributed by atoms with Crippen LogP contribution < -0.4 is 5.32 Å². The number of ether oxygens (including phenoxy) is 1. The third-order valence-corrected chi connectivity index (χ3v) is 5.49. The lowest BCUT2D eigenvalue weighted by molar-refractivity contribution is -0.147. The van der Waals surface area contributed by atoms with Crippen molar-refractivity contribution >= 4 is 12.0 Å². The van der Waals surface area contributed by atoms with Gasteiger partial charge in [0.2, 0.25) is 5.91 Å². The van der Waals surface area contributed by atoms with Crippen LogP contribution in [0.15, 0.2) is 30.3 Å². The van der Waals surface area contributed by atoms with E-state index in [0.29, 0.717) is 6.42 Å². The Balaban J connectivity index is 1.48. The highest BCUT2D eigenvalue weighted by atomic mass is 16.5. The summed E-state index contributed by atoms with van der Waals surface area (Å²) in [5.74, 6) is 0.239. The number of likely N-dealkylation sites (tertiary alicyclic amines) is 1. The minimum atomic E-state index is -0.413. The smallest absolute Gasteiger partial charge is 0.407 e. The molecule has 0 radical (unpaired) electrons. The van der Waals surface area contributed by atoms with E-state index in [1.54, 1.807) is 0 Å². The first-order valence-electron chi connectivity index (χ1n) is 8.74. The highest BCUT2D eigenvalue weighted by Crippen LogP contribution is 2.47. The third-order valence-electron chi connectivity index (χ3n) is 5.49. The molecule has 1 saturated carbocycles. The molecule has 2 amide bonds. The molecule has 0 spiro atoms. The van der Waals surface area contributed by atoms with E-state index in [9.17, 15) is 9.59 Å². The lowest BCUT2D eigenvalue weighted by Gasteiger charge is -2.51. The second-order valence-corrected chi connectivity index (χ2v) is 7.40. The molecule has 5 nitrogen and oxygen atoms in total. The molecule has 3 rings (SSSR count). The zero-order valence-electron chi connectivity index (χ0n) is 14.5. The van der Waals surface area contributed by atoms with E-state index in [0.717, 1.165) is 31.5 Å². The van der Waals surface area contributed by atoms with Crippen molar-refractivity contribution in [2.75, 3.05) is 13.1 Å². The predicted molar refractivity (Wildman–Crippen MR) is 91.3 cm³/mol. The van der Waals surface area contributed by atoms with Gasteiger partial charge in [-0.3, -0.25) is 4.79 Å². The monoisotopic (exact) mass is 330 g/mol. The maximum atomic E-state index is 12.6. The molecule has 1 N–H and O–H groups in total. The summed E-state index contributed by atoms with van der Waals surface area (Å²) >= 11 is 0. The number of benzene rings is 1. The molecule has 1 aromatic carbocycles. The molecule has 0 aromatic heterocycles. The van der Waals surface area contributed by atoms with Crippen LogP contribution in [-0.4, -0.2) is 36.0 Å². The number of hydrogen-bond acceptors (Lipinski definition) is 3.